The fourth-order valence-electron chi connectivity index (χ4n) is 1.68. The number of nitrogens with two attached hydrogens (primary N) is 1. The van der Waals surface area contributed by atoms with Gasteiger partial charge in [-0.05, 0) is 24.3 Å². The Morgan fingerprint density at radius 3 is 2.26 bits per heavy atom. The first-order valence-electron chi connectivity index (χ1n) is 5.92. The second-order valence-electron chi connectivity index (χ2n) is 4.03. The van der Waals surface area contributed by atoms with Crippen molar-refractivity contribution in [1.29, 1.82) is 0 Å². The Kier molecular flexibility index (Phi) is 4.13. The van der Waals surface area contributed by atoms with Crippen LogP contribution >= 0.6 is 0 Å². The molecule has 4 nitrogen and oxygen atoms in total. The van der Waals surface area contributed by atoms with Gasteiger partial charge in [-0.15, -0.1) is 0 Å². The zero-order valence-electron chi connectivity index (χ0n) is 11.1. The van der Waals surface area contributed by atoms with Gasteiger partial charge in [-0.1, -0.05) is 6.07 Å². The summed E-state index contributed by atoms with van der Waals surface area (Å²) < 4.78 is 15.9. The minimum atomic E-state index is 0.406. The Bertz CT molecular complexity index is 555. The van der Waals surface area contributed by atoms with Gasteiger partial charge in [-0.3, -0.25) is 0 Å². The highest BCUT2D eigenvalue weighted by Gasteiger charge is 2.03. The van der Waals surface area contributed by atoms with Crippen LogP contribution in [0.25, 0.3) is 0 Å². The van der Waals surface area contributed by atoms with Crippen molar-refractivity contribution in [2.75, 3.05) is 20.0 Å². The molecule has 0 aliphatic rings. The van der Waals surface area contributed by atoms with Crippen molar-refractivity contribution in [3.63, 3.8) is 0 Å². The van der Waals surface area contributed by atoms with Gasteiger partial charge < -0.3 is 19.9 Å². The van der Waals surface area contributed by atoms with E-state index in [1.54, 1.807) is 20.3 Å². The number of ether oxygens (including phenoxy) is 3. The van der Waals surface area contributed by atoms with Crippen molar-refractivity contribution in [3.8, 4) is 17.2 Å². The Labute approximate surface area is 112 Å². The summed E-state index contributed by atoms with van der Waals surface area (Å²) in [4.78, 5) is 0. The molecule has 0 saturated carbocycles. The zero-order valence-corrected chi connectivity index (χ0v) is 11.1. The summed E-state index contributed by atoms with van der Waals surface area (Å²) >= 11 is 0. The number of benzene rings is 2. The van der Waals surface area contributed by atoms with Gasteiger partial charge in [0.15, 0.2) is 0 Å². The summed E-state index contributed by atoms with van der Waals surface area (Å²) in [6.07, 6.45) is 0. The molecule has 0 fully saturated rings. The molecule has 0 aromatic heterocycles. The Morgan fingerprint density at radius 1 is 0.895 bits per heavy atom. The van der Waals surface area contributed by atoms with Crippen molar-refractivity contribution >= 4 is 5.69 Å². The van der Waals surface area contributed by atoms with Crippen molar-refractivity contribution in [1.82, 2.24) is 0 Å². The van der Waals surface area contributed by atoms with E-state index in [4.69, 9.17) is 19.9 Å². The molecular weight excluding hydrogens is 242 g/mol. The lowest BCUT2D eigenvalue weighted by Crippen LogP contribution is -2.00. The van der Waals surface area contributed by atoms with Crippen LogP contribution in [0.1, 0.15) is 5.56 Å². The van der Waals surface area contributed by atoms with E-state index in [2.05, 4.69) is 0 Å². The molecule has 2 aromatic carbocycles. The summed E-state index contributed by atoms with van der Waals surface area (Å²) in [6, 6.07) is 13.0. The highest BCUT2D eigenvalue weighted by Crippen LogP contribution is 2.23. The lowest BCUT2D eigenvalue weighted by Gasteiger charge is -2.10. The van der Waals surface area contributed by atoms with E-state index in [1.165, 1.54) is 0 Å². The maximum absolute atomic E-state index is 5.93. The molecule has 19 heavy (non-hydrogen) atoms. The van der Waals surface area contributed by atoms with Crippen LogP contribution in [-0.4, -0.2) is 14.2 Å². The molecule has 0 amide bonds. The predicted molar refractivity (Wildman–Crippen MR) is 74.7 cm³/mol. The second kappa shape index (κ2) is 6.00. The molecule has 2 aromatic rings. The summed E-state index contributed by atoms with van der Waals surface area (Å²) in [5.74, 6) is 2.25. The van der Waals surface area contributed by atoms with E-state index >= 15 is 0 Å². The third kappa shape index (κ3) is 3.31. The van der Waals surface area contributed by atoms with E-state index in [-0.39, 0.29) is 0 Å². The van der Waals surface area contributed by atoms with E-state index < -0.39 is 0 Å². The van der Waals surface area contributed by atoms with E-state index in [0.717, 1.165) is 22.8 Å². The third-order valence-electron chi connectivity index (χ3n) is 2.79. The second-order valence-corrected chi connectivity index (χ2v) is 4.03. The van der Waals surface area contributed by atoms with Gasteiger partial charge in [0.25, 0.3) is 0 Å². The number of nitrogen functional groups attached to an aromatic ring is 1. The fraction of sp³-hybridized carbons (Fsp3) is 0.200. The Hall–Kier alpha value is -2.36. The maximum Gasteiger partial charge on any atom is 0.123 e. The van der Waals surface area contributed by atoms with Gasteiger partial charge in [-0.25, -0.2) is 0 Å². The van der Waals surface area contributed by atoms with E-state index in [1.807, 2.05) is 36.4 Å². The quantitative estimate of drug-likeness (QED) is 0.839. The molecule has 100 valence electrons. The molecule has 2 rings (SSSR count). The van der Waals surface area contributed by atoms with Crippen LogP contribution in [-0.2, 0) is 6.61 Å². The number of anilines is 1. The van der Waals surface area contributed by atoms with Crippen LogP contribution in [0.4, 0.5) is 5.69 Å². The predicted octanol–water partition coefficient (Wildman–Crippen LogP) is 2.87. The first-order chi connectivity index (χ1) is 9.22. The standard InChI is InChI=1S/C15H17NO3/c1-17-12-4-3-5-14(8-12)19-10-11-6-7-13(18-2)9-15(11)16/h3-9H,10,16H2,1-2H3. The summed E-state index contributed by atoms with van der Waals surface area (Å²) in [6.45, 7) is 0.406. The van der Waals surface area contributed by atoms with Crippen LogP contribution in [0.5, 0.6) is 17.2 Å². The molecule has 0 atom stereocenters. The van der Waals surface area contributed by atoms with Gasteiger partial charge >= 0.3 is 0 Å². The summed E-state index contributed by atoms with van der Waals surface area (Å²) in [7, 11) is 3.24. The molecule has 0 radical (unpaired) electrons. The fourth-order valence-corrected chi connectivity index (χ4v) is 1.68. The van der Waals surface area contributed by atoms with Crippen molar-refractivity contribution < 1.29 is 14.2 Å². The van der Waals surface area contributed by atoms with Crippen molar-refractivity contribution in [3.05, 3.63) is 48.0 Å². The molecule has 0 aliphatic carbocycles. The lowest BCUT2D eigenvalue weighted by atomic mass is 10.2. The maximum atomic E-state index is 5.93. The minimum Gasteiger partial charge on any atom is -0.497 e. The highest BCUT2D eigenvalue weighted by atomic mass is 16.5. The highest BCUT2D eigenvalue weighted by molar-refractivity contribution is 5.51. The first-order valence-corrected chi connectivity index (χ1v) is 5.92. The van der Waals surface area contributed by atoms with Gasteiger partial charge in [0.2, 0.25) is 0 Å². The van der Waals surface area contributed by atoms with Crippen LogP contribution in [0.2, 0.25) is 0 Å². The lowest BCUT2D eigenvalue weighted by molar-refractivity contribution is 0.304. The smallest absolute Gasteiger partial charge is 0.123 e. The third-order valence-corrected chi connectivity index (χ3v) is 2.79. The summed E-state index contributed by atoms with van der Waals surface area (Å²) in [5, 5.41) is 0. The number of hydrogen-bond donors (Lipinski definition) is 1. The summed E-state index contributed by atoms with van der Waals surface area (Å²) in [5.41, 5.74) is 7.51. The van der Waals surface area contributed by atoms with Crippen LogP contribution in [0.15, 0.2) is 42.5 Å². The average Bonchev–Trinajstić information content (AvgIpc) is 2.46. The first kappa shape index (κ1) is 13.1. The van der Waals surface area contributed by atoms with E-state index in [9.17, 15) is 0 Å². The molecule has 0 saturated heterocycles. The molecule has 0 bridgehead atoms. The topological polar surface area (TPSA) is 53.7 Å². The van der Waals surface area contributed by atoms with Crippen LogP contribution < -0.4 is 19.9 Å². The van der Waals surface area contributed by atoms with Crippen molar-refractivity contribution in [2.24, 2.45) is 0 Å². The normalized spacial score (nSPS) is 10.0. The minimum absolute atomic E-state index is 0.406. The molecular formula is C15H17NO3. The molecule has 2 N–H and O–H groups in total. The van der Waals surface area contributed by atoms with Crippen LogP contribution in [0.3, 0.4) is 0 Å². The SMILES string of the molecule is COc1cccc(OCc2ccc(OC)cc2N)c1. The molecule has 0 unspecified atom stereocenters. The number of rotatable bonds is 5. The average molecular weight is 259 g/mol. The monoisotopic (exact) mass is 259 g/mol. The number of methoxy groups -OCH3 is 2. The zero-order chi connectivity index (χ0) is 13.7. The number of hydrogen-bond acceptors (Lipinski definition) is 4. The molecule has 0 heterocycles. The molecule has 0 spiro atoms. The van der Waals surface area contributed by atoms with Crippen molar-refractivity contribution in [2.45, 2.75) is 6.61 Å². The van der Waals surface area contributed by atoms with Gasteiger partial charge in [0.1, 0.15) is 23.9 Å². The van der Waals surface area contributed by atoms with Gasteiger partial charge in [-0.2, -0.15) is 0 Å². The molecule has 0 aliphatic heterocycles. The van der Waals surface area contributed by atoms with Crippen LogP contribution in [0, 0.1) is 0 Å². The Morgan fingerprint density at radius 2 is 1.58 bits per heavy atom. The van der Waals surface area contributed by atoms with Gasteiger partial charge in [0, 0.05) is 23.4 Å². The van der Waals surface area contributed by atoms with E-state index in [0.29, 0.717) is 12.3 Å². The Balaban J connectivity index is 2.05. The van der Waals surface area contributed by atoms with Gasteiger partial charge in [0.05, 0.1) is 14.2 Å². The molecule has 4 heteroatoms. The largest absolute Gasteiger partial charge is 0.497 e.